The molecule has 19 heavy (non-hydrogen) atoms. The molecule has 1 saturated heterocycles. The average Bonchev–Trinajstić information content (AvgIpc) is 2.38. The molecule has 3 heteroatoms. The lowest BCUT2D eigenvalue weighted by Gasteiger charge is -2.42. The summed E-state index contributed by atoms with van der Waals surface area (Å²) in [5, 5.41) is 10.6. The van der Waals surface area contributed by atoms with Crippen molar-refractivity contribution in [3.05, 3.63) is 35.4 Å². The van der Waals surface area contributed by atoms with E-state index >= 15 is 0 Å². The maximum absolute atomic E-state index is 10.6. The zero-order chi connectivity index (χ0) is 13.4. The van der Waals surface area contributed by atoms with Crippen LogP contribution in [-0.4, -0.2) is 60.8 Å². The molecule has 3 atom stereocenters. The Morgan fingerprint density at radius 3 is 2.84 bits per heavy atom. The second kappa shape index (κ2) is 5.23. The topological polar surface area (TPSA) is 26.7 Å². The number of rotatable bonds is 3. The van der Waals surface area contributed by atoms with Gasteiger partial charge in [-0.1, -0.05) is 24.3 Å². The first kappa shape index (κ1) is 13.1. The Kier molecular flexibility index (Phi) is 3.61. The lowest BCUT2D eigenvalue weighted by atomic mass is 9.74. The van der Waals surface area contributed by atoms with Crippen molar-refractivity contribution in [2.75, 3.05) is 33.7 Å². The quantitative estimate of drug-likeness (QED) is 0.888. The number of fused-ring (bicyclic) bond motifs is 1. The summed E-state index contributed by atoms with van der Waals surface area (Å²) in [6.07, 6.45) is 1.82. The van der Waals surface area contributed by atoms with Crippen LogP contribution in [0.5, 0.6) is 0 Å². The number of nitrogens with zero attached hydrogens (tertiary/aromatic N) is 2. The molecule has 0 spiro atoms. The lowest BCUT2D eigenvalue weighted by molar-refractivity contribution is 0.00648. The van der Waals surface area contributed by atoms with Crippen molar-refractivity contribution in [2.24, 2.45) is 0 Å². The van der Waals surface area contributed by atoms with Crippen LogP contribution in [-0.2, 0) is 6.42 Å². The van der Waals surface area contributed by atoms with E-state index in [9.17, 15) is 5.11 Å². The van der Waals surface area contributed by atoms with Crippen LogP contribution in [0.15, 0.2) is 24.3 Å². The van der Waals surface area contributed by atoms with Gasteiger partial charge >= 0.3 is 0 Å². The number of hydrogen-bond donors (Lipinski definition) is 1. The van der Waals surface area contributed by atoms with Gasteiger partial charge in [0, 0.05) is 25.7 Å². The third-order valence-electron chi connectivity index (χ3n) is 4.83. The van der Waals surface area contributed by atoms with E-state index in [0.29, 0.717) is 5.92 Å². The number of likely N-dealkylation sites (N-methyl/N-ethyl adjacent to an activating group) is 2. The minimum Gasteiger partial charge on any atom is -0.391 e. The molecule has 104 valence electrons. The van der Waals surface area contributed by atoms with Crippen LogP contribution < -0.4 is 0 Å². The summed E-state index contributed by atoms with van der Waals surface area (Å²) in [5.74, 6) is 0.562. The Bertz CT molecular complexity index is 448. The molecule has 1 aromatic carbocycles. The Labute approximate surface area is 115 Å². The molecule has 1 aromatic rings. The van der Waals surface area contributed by atoms with Crippen LogP contribution in [0.25, 0.3) is 0 Å². The van der Waals surface area contributed by atoms with Crippen LogP contribution in [0, 0.1) is 0 Å². The molecule has 3 unspecified atom stereocenters. The standard InChI is InChI=1S/C16H24N2O/c1-17-7-8-18(2)15(11-17)16(19)10-13-9-12-5-3-4-6-14(12)13/h3-6,13,15-16,19H,7-11H2,1-2H3. The Hall–Kier alpha value is -0.900. The summed E-state index contributed by atoms with van der Waals surface area (Å²) in [6, 6.07) is 8.92. The van der Waals surface area contributed by atoms with E-state index in [1.807, 2.05) is 0 Å². The SMILES string of the molecule is CN1CCN(C)C(C(O)CC2Cc3ccccc32)C1. The van der Waals surface area contributed by atoms with E-state index in [1.54, 1.807) is 0 Å². The largest absolute Gasteiger partial charge is 0.391 e. The number of hydrogen-bond acceptors (Lipinski definition) is 3. The van der Waals surface area contributed by atoms with Crippen LogP contribution in [0.1, 0.15) is 23.5 Å². The fourth-order valence-electron chi connectivity index (χ4n) is 3.48. The lowest BCUT2D eigenvalue weighted by Crippen LogP contribution is -2.55. The van der Waals surface area contributed by atoms with E-state index in [0.717, 1.165) is 32.5 Å². The summed E-state index contributed by atoms with van der Waals surface area (Å²) in [6.45, 7) is 3.14. The molecule has 1 heterocycles. The van der Waals surface area contributed by atoms with Gasteiger partial charge in [-0.25, -0.2) is 0 Å². The zero-order valence-electron chi connectivity index (χ0n) is 11.9. The molecule has 1 fully saturated rings. The highest BCUT2D eigenvalue weighted by Gasteiger charge is 2.33. The summed E-state index contributed by atoms with van der Waals surface area (Å²) in [5.41, 5.74) is 2.92. The normalized spacial score (nSPS) is 29.6. The second-order valence-electron chi connectivity index (χ2n) is 6.21. The third kappa shape index (κ3) is 2.55. The summed E-state index contributed by atoms with van der Waals surface area (Å²) >= 11 is 0. The van der Waals surface area contributed by atoms with E-state index in [1.165, 1.54) is 11.1 Å². The predicted molar refractivity (Wildman–Crippen MR) is 77.4 cm³/mol. The van der Waals surface area contributed by atoms with Gasteiger partial charge in [-0.15, -0.1) is 0 Å². The van der Waals surface area contributed by atoms with Crippen LogP contribution in [0.4, 0.5) is 0 Å². The Morgan fingerprint density at radius 1 is 1.26 bits per heavy atom. The predicted octanol–water partition coefficient (Wildman–Crippen LogP) is 1.32. The van der Waals surface area contributed by atoms with Crippen LogP contribution >= 0.6 is 0 Å². The molecule has 1 aliphatic heterocycles. The van der Waals surface area contributed by atoms with Gasteiger partial charge in [-0.3, -0.25) is 4.90 Å². The molecule has 3 rings (SSSR count). The van der Waals surface area contributed by atoms with Gasteiger partial charge < -0.3 is 10.0 Å². The summed E-state index contributed by atoms with van der Waals surface area (Å²) in [4.78, 5) is 4.64. The number of benzene rings is 1. The number of piperazine rings is 1. The Morgan fingerprint density at radius 2 is 2.05 bits per heavy atom. The van der Waals surface area contributed by atoms with Crippen molar-refractivity contribution in [1.82, 2.24) is 9.80 Å². The number of aliphatic hydroxyl groups is 1. The Balaban J connectivity index is 1.61. The van der Waals surface area contributed by atoms with Crippen LogP contribution in [0.3, 0.4) is 0 Å². The smallest absolute Gasteiger partial charge is 0.0713 e. The van der Waals surface area contributed by atoms with Gasteiger partial charge in [0.25, 0.3) is 0 Å². The molecule has 0 amide bonds. The van der Waals surface area contributed by atoms with Gasteiger partial charge in [0.1, 0.15) is 0 Å². The highest BCUT2D eigenvalue weighted by atomic mass is 16.3. The summed E-state index contributed by atoms with van der Waals surface area (Å²) < 4.78 is 0. The highest BCUT2D eigenvalue weighted by Crippen LogP contribution is 2.38. The fourth-order valence-corrected chi connectivity index (χ4v) is 3.48. The molecule has 3 nitrogen and oxygen atoms in total. The molecule has 1 N–H and O–H groups in total. The maximum Gasteiger partial charge on any atom is 0.0713 e. The molecular weight excluding hydrogens is 236 g/mol. The molecule has 0 saturated carbocycles. The van der Waals surface area contributed by atoms with Crippen molar-refractivity contribution < 1.29 is 5.11 Å². The van der Waals surface area contributed by atoms with Gasteiger partial charge in [0.2, 0.25) is 0 Å². The monoisotopic (exact) mass is 260 g/mol. The maximum atomic E-state index is 10.6. The molecule has 0 aromatic heterocycles. The van der Waals surface area contributed by atoms with Crippen molar-refractivity contribution in [3.63, 3.8) is 0 Å². The summed E-state index contributed by atoms with van der Waals surface area (Å²) in [7, 11) is 4.28. The van der Waals surface area contributed by atoms with Crippen molar-refractivity contribution in [2.45, 2.75) is 30.9 Å². The number of aliphatic hydroxyl groups excluding tert-OH is 1. The molecule has 0 bridgehead atoms. The average molecular weight is 260 g/mol. The van der Waals surface area contributed by atoms with E-state index in [4.69, 9.17) is 0 Å². The minimum absolute atomic E-state index is 0.217. The van der Waals surface area contributed by atoms with E-state index in [2.05, 4.69) is 48.2 Å². The first-order valence-electron chi connectivity index (χ1n) is 7.30. The fraction of sp³-hybridized carbons (Fsp3) is 0.625. The molecule has 0 radical (unpaired) electrons. The van der Waals surface area contributed by atoms with Crippen molar-refractivity contribution in [1.29, 1.82) is 0 Å². The van der Waals surface area contributed by atoms with Gasteiger partial charge in [-0.05, 0) is 44.0 Å². The third-order valence-corrected chi connectivity index (χ3v) is 4.83. The van der Waals surface area contributed by atoms with E-state index < -0.39 is 0 Å². The molecule has 1 aliphatic carbocycles. The zero-order valence-corrected chi connectivity index (χ0v) is 11.9. The molecule has 2 aliphatic rings. The first-order chi connectivity index (χ1) is 9.15. The van der Waals surface area contributed by atoms with E-state index in [-0.39, 0.29) is 12.1 Å². The van der Waals surface area contributed by atoms with Crippen molar-refractivity contribution in [3.8, 4) is 0 Å². The molecular formula is C16H24N2O. The van der Waals surface area contributed by atoms with Gasteiger partial charge in [-0.2, -0.15) is 0 Å². The highest BCUT2D eigenvalue weighted by molar-refractivity contribution is 5.39. The second-order valence-corrected chi connectivity index (χ2v) is 6.21. The minimum atomic E-state index is -0.217. The van der Waals surface area contributed by atoms with Crippen molar-refractivity contribution >= 4 is 0 Å². The van der Waals surface area contributed by atoms with Gasteiger partial charge in [0.15, 0.2) is 0 Å². The first-order valence-corrected chi connectivity index (χ1v) is 7.30. The van der Waals surface area contributed by atoms with Gasteiger partial charge in [0.05, 0.1) is 6.10 Å². The van der Waals surface area contributed by atoms with Crippen LogP contribution in [0.2, 0.25) is 0 Å².